The van der Waals surface area contributed by atoms with Crippen LogP contribution in [0, 0.1) is 0 Å². The number of nitrogens with zero attached hydrogens (tertiary/aromatic N) is 1. The monoisotopic (exact) mass is 410 g/mol. The van der Waals surface area contributed by atoms with Gasteiger partial charge >= 0.3 is 0 Å². The molecule has 24 heavy (non-hydrogen) atoms. The lowest BCUT2D eigenvalue weighted by molar-refractivity contribution is 0.0939. The molecule has 0 fully saturated rings. The molecule has 0 bridgehead atoms. The summed E-state index contributed by atoms with van der Waals surface area (Å²) in [6.45, 7) is 1.87. The van der Waals surface area contributed by atoms with Gasteiger partial charge in [0.05, 0.1) is 10.9 Å². The second-order valence-electron chi connectivity index (χ2n) is 5.53. The number of sulfonamides is 1. The molecule has 1 unspecified atom stereocenters. The van der Waals surface area contributed by atoms with Crippen LogP contribution in [-0.2, 0) is 10.0 Å². The predicted octanol–water partition coefficient (Wildman–Crippen LogP) is 3.19. The summed E-state index contributed by atoms with van der Waals surface area (Å²) in [5, 5.41) is 2.88. The summed E-state index contributed by atoms with van der Waals surface area (Å²) in [5.41, 5.74) is 1.25. The van der Waals surface area contributed by atoms with Gasteiger partial charge in [-0.2, -0.15) is 0 Å². The predicted molar refractivity (Wildman–Crippen MR) is 97.3 cm³/mol. The van der Waals surface area contributed by atoms with Crippen LogP contribution in [0.25, 0.3) is 0 Å². The molecule has 2 rings (SSSR count). The average molecular weight is 411 g/mol. The molecule has 0 aromatic heterocycles. The Kier molecular flexibility index (Phi) is 5.79. The highest BCUT2D eigenvalue weighted by Gasteiger charge is 2.19. The summed E-state index contributed by atoms with van der Waals surface area (Å²) in [7, 11) is -0.664. The van der Waals surface area contributed by atoms with Crippen LogP contribution >= 0.6 is 15.9 Å². The maximum absolute atomic E-state index is 12.5. The Morgan fingerprint density at radius 2 is 1.79 bits per heavy atom. The van der Waals surface area contributed by atoms with Crippen LogP contribution in [0.4, 0.5) is 0 Å². The van der Waals surface area contributed by atoms with E-state index in [9.17, 15) is 13.2 Å². The summed E-state index contributed by atoms with van der Waals surface area (Å²) in [5.74, 6) is -0.325. The molecule has 0 heterocycles. The van der Waals surface area contributed by atoms with Gasteiger partial charge in [0.2, 0.25) is 10.0 Å². The number of carbonyl (C=O) groups excluding carboxylic acids is 1. The first-order valence-electron chi connectivity index (χ1n) is 7.31. The molecule has 0 spiro atoms. The van der Waals surface area contributed by atoms with Gasteiger partial charge in [-0.25, -0.2) is 12.7 Å². The van der Waals surface area contributed by atoms with E-state index in [1.807, 2.05) is 31.2 Å². The number of rotatable bonds is 5. The van der Waals surface area contributed by atoms with E-state index in [1.165, 1.54) is 26.2 Å². The molecule has 2 aromatic carbocycles. The van der Waals surface area contributed by atoms with Crippen molar-refractivity contribution >= 4 is 31.9 Å². The molecule has 1 atom stereocenters. The lowest BCUT2D eigenvalue weighted by atomic mass is 10.1. The minimum absolute atomic E-state index is 0.0914. The Morgan fingerprint density at radius 1 is 1.12 bits per heavy atom. The summed E-state index contributed by atoms with van der Waals surface area (Å²) >= 11 is 3.46. The lowest BCUT2D eigenvalue weighted by Crippen LogP contribution is -2.27. The third-order valence-electron chi connectivity index (χ3n) is 3.59. The number of nitrogens with one attached hydrogen (secondary N) is 1. The summed E-state index contributed by atoms with van der Waals surface area (Å²) in [4.78, 5) is 12.5. The smallest absolute Gasteiger partial charge is 0.251 e. The van der Waals surface area contributed by atoms with Crippen LogP contribution in [-0.4, -0.2) is 32.7 Å². The molecule has 1 N–H and O–H groups in total. The van der Waals surface area contributed by atoms with Gasteiger partial charge < -0.3 is 5.32 Å². The van der Waals surface area contributed by atoms with Gasteiger partial charge in [-0.05, 0) is 36.8 Å². The van der Waals surface area contributed by atoms with E-state index in [0.717, 1.165) is 14.3 Å². The third-order valence-corrected chi connectivity index (χ3v) is 6.13. The zero-order valence-corrected chi connectivity index (χ0v) is 16.1. The van der Waals surface area contributed by atoms with Crippen molar-refractivity contribution < 1.29 is 13.2 Å². The van der Waals surface area contributed by atoms with Crippen LogP contribution in [0.2, 0.25) is 0 Å². The first-order valence-corrected chi connectivity index (χ1v) is 9.54. The Labute approximate surface area is 150 Å². The number of benzene rings is 2. The van der Waals surface area contributed by atoms with Gasteiger partial charge in [0.15, 0.2) is 0 Å². The summed E-state index contributed by atoms with van der Waals surface area (Å²) in [6, 6.07) is 13.4. The molecule has 0 radical (unpaired) electrons. The normalized spacial score (nSPS) is 12.9. The van der Waals surface area contributed by atoms with Gasteiger partial charge in [-0.3, -0.25) is 4.79 Å². The van der Waals surface area contributed by atoms with Crippen LogP contribution in [0.3, 0.4) is 0 Å². The van der Waals surface area contributed by atoms with Gasteiger partial charge in [0.1, 0.15) is 0 Å². The maximum Gasteiger partial charge on any atom is 0.251 e. The number of carbonyl (C=O) groups is 1. The van der Waals surface area contributed by atoms with Crippen molar-refractivity contribution in [2.45, 2.75) is 17.9 Å². The Balaban J connectivity index is 2.24. The van der Waals surface area contributed by atoms with Crippen molar-refractivity contribution in [1.82, 2.24) is 9.62 Å². The van der Waals surface area contributed by atoms with Crippen LogP contribution in [0.1, 0.15) is 28.9 Å². The molecule has 7 heteroatoms. The van der Waals surface area contributed by atoms with Crippen molar-refractivity contribution in [2.24, 2.45) is 0 Å². The lowest BCUT2D eigenvalue weighted by Gasteiger charge is -2.16. The van der Waals surface area contributed by atoms with E-state index >= 15 is 0 Å². The fourth-order valence-corrected chi connectivity index (χ4v) is 3.77. The molecule has 5 nitrogen and oxygen atoms in total. The van der Waals surface area contributed by atoms with Crippen molar-refractivity contribution in [2.75, 3.05) is 14.1 Å². The first kappa shape index (κ1) is 18.6. The fraction of sp³-hybridized carbons (Fsp3) is 0.235. The fourth-order valence-electron chi connectivity index (χ4n) is 2.19. The number of hydrogen-bond acceptors (Lipinski definition) is 3. The van der Waals surface area contributed by atoms with E-state index in [4.69, 9.17) is 0 Å². The van der Waals surface area contributed by atoms with E-state index in [2.05, 4.69) is 21.2 Å². The third kappa shape index (κ3) is 4.03. The molecule has 0 aliphatic carbocycles. The van der Waals surface area contributed by atoms with E-state index in [0.29, 0.717) is 5.56 Å². The van der Waals surface area contributed by atoms with Gasteiger partial charge in [0.25, 0.3) is 5.91 Å². The molecule has 0 saturated heterocycles. The van der Waals surface area contributed by atoms with E-state index in [1.54, 1.807) is 12.1 Å². The maximum atomic E-state index is 12.5. The molecule has 0 saturated carbocycles. The Bertz CT molecular complexity index is 850. The van der Waals surface area contributed by atoms with Crippen LogP contribution in [0.15, 0.2) is 57.9 Å². The minimum atomic E-state index is -3.57. The molecular formula is C17H19BrN2O3S. The van der Waals surface area contributed by atoms with Gasteiger partial charge in [0, 0.05) is 24.1 Å². The molecular weight excluding hydrogens is 392 g/mol. The summed E-state index contributed by atoms with van der Waals surface area (Å²) in [6.07, 6.45) is 0. The van der Waals surface area contributed by atoms with Gasteiger partial charge in [-0.1, -0.05) is 40.2 Å². The number of halogens is 1. The second kappa shape index (κ2) is 7.46. The van der Waals surface area contributed by atoms with Crippen molar-refractivity contribution in [3.63, 3.8) is 0 Å². The zero-order chi connectivity index (χ0) is 17.9. The second-order valence-corrected chi connectivity index (χ2v) is 8.54. The number of hydrogen-bond donors (Lipinski definition) is 1. The summed E-state index contributed by atoms with van der Waals surface area (Å²) < 4.78 is 26.4. The highest BCUT2D eigenvalue weighted by Crippen LogP contribution is 2.23. The topological polar surface area (TPSA) is 66.5 Å². The molecule has 1 amide bonds. The highest BCUT2D eigenvalue weighted by atomic mass is 79.9. The SMILES string of the molecule is CC(NC(=O)c1cccc(S(=O)(=O)N(C)C)c1)c1ccccc1Br. The van der Waals surface area contributed by atoms with Crippen molar-refractivity contribution in [3.8, 4) is 0 Å². The molecule has 128 valence electrons. The Morgan fingerprint density at radius 3 is 2.42 bits per heavy atom. The molecule has 0 aliphatic rings. The zero-order valence-electron chi connectivity index (χ0n) is 13.7. The highest BCUT2D eigenvalue weighted by molar-refractivity contribution is 9.10. The first-order chi connectivity index (χ1) is 11.2. The standard InChI is InChI=1S/C17H19BrN2O3S/c1-12(15-9-4-5-10-16(15)18)19-17(21)13-7-6-8-14(11-13)24(22,23)20(2)3/h4-12H,1-3H3,(H,19,21). The minimum Gasteiger partial charge on any atom is -0.345 e. The quantitative estimate of drug-likeness (QED) is 0.822. The van der Waals surface area contributed by atoms with Gasteiger partial charge in [-0.15, -0.1) is 0 Å². The average Bonchev–Trinajstić information content (AvgIpc) is 2.55. The van der Waals surface area contributed by atoms with Crippen LogP contribution in [0.5, 0.6) is 0 Å². The van der Waals surface area contributed by atoms with Crippen LogP contribution < -0.4 is 5.32 Å². The molecule has 2 aromatic rings. The van der Waals surface area contributed by atoms with Crippen molar-refractivity contribution in [1.29, 1.82) is 0 Å². The largest absolute Gasteiger partial charge is 0.345 e. The van der Waals surface area contributed by atoms with Crippen molar-refractivity contribution in [3.05, 3.63) is 64.1 Å². The number of amides is 1. The Hall–Kier alpha value is -1.70. The van der Waals surface area contributed by atoms with E-state index in [-0.39, 0.29) is 16.8 Å². The van der Waals surface area contributed by atoms with E-state index < -0.39 is 10.0 Å². The molecule has 0 aliphatic heterocycles.